The van der Waals surface area contributed by atoms with Gasteiger partial charge in [-0.15, -0.1) is 5.10 Å². The van der Waals surface area contributed by atoms with Crippen LogP contribution >= 0.6 is 0 Å². The first kappa shape index (κ1) is 58.6. The van der Waals surface area contributed by atoms with Crippen LogP contribution in [0.5, 0.6) is 5.75 Å². The third kappa shape index (κ3) is 15.3. The molecule has 3 aliphatic rings. The monoisotopic (exact) mass is 1020 g/mol. The van der Waals surface area contributed by atoms with Crippen molar-refractivity contribution in [1.29, 1.82) is 0 Å². The summed E-state index contributed by atoms with van der Waals surface area (Å²) in [5.41, 5.74) is 1.52. The highest BCUT2D eigenvalue weighted by molar-refractivity contribution is 5.73. The summed E-state index contributed by atoms with van der Waals surface area (Å²) in [5, 5.41) is 55.6. The van der Waals surface area contributed by atoms with Crippen molar-refractivity contribution in [3.8, 4) is 16.9 Å². The van der Waals surface area contributed by atoms with E-state index < -0.39 is 90.4 Å². The number of aliphatic hydroxyl groups excluding tert-OH is 3. The van der Waals surface area contributed by atoms with E-state index in [0.29, 0.717) is 39.1 Å². The van der Waals surface area contributed by atoms with Gasteiger partial charge in [0.25, 0.3) is 0 Å². The number of pyridine rings is 1. The van der Waals surface area contributed by atoms with E-state index in [0.717, 1.165) is 41.1 Å². The van der Waals surface area contributed by atoms with Gasteiger partial charge in [-0.1, -0.05) is 44.2 Å². The Kier molecular flexibility index (Phi) is 20.8. The first-order valence-electron chi connectivity index (χ1n) is 26.6. The predicted octanol–water partition coefficient (Wildman–Crippen LogP) is 5.58. The number of likely N-dealkylation sites (N-methyl/N-ethyl adjacent to an activating group) is 2. The lowest BCUT2D eigenvalue weighted by Gasteiger charge is -2.48. The van der Waals surface area contributed by atoms with Crippen molar-refractivity contribution in [2.24, 2.45) is 17.8 Å². The van der Waals surface area contributed by atoms with Crippen LogP contribution in [0, 0.1) is 24.7 Å². The van der Waals surface area contributed by atoms with Crippen LogP contribution in [-0.2, 0) is 46.2 Å². The molecule has 410 valence electrons. The number of cyclic esters (lactones) is 1. The minimum Gasteiger partial charge on any atom is -0.494 e. The molecule has 0 spiro atoms. The SMILES string of the molecule is CC[C@H]1OC(=O)[C@H](C)[C@@H](O[C@H]2C[C@@](C)(OC)[C@@H](O)[C@H](C)O2)[C@H](C)[C@@H](O[C@H]2C[C@@H](N(C)CCc3cn(CCCOc4ccc(-c5ccc(C)nc5)cc4)nn3)C[C@@H](C)O2)[C@](C)(O)C[C@@H](C)CN(C)[C@H](C)[C@@H](O)[C@@H]1O. The second-order valence-corrected chi connectivity index (χ2v) is 22.1. The van der Waals surface area contributed by atoms with Crippen LogP contribution in [0.4, 0.5) is 0 Å². The average molecular weight is 1030 g/mol. The molecular formula is C55H88N6O12. The van der Waals surface area contributed by atoms with E-state index >= 15 is 0 Å². The summed E-state index contributed by atoms with van der Waals surface area (Å²) < 4.78 is 46.5. The molecule has 2 aromatic heterocycles. The highest BCUT2D eigenvalue weighted by Crippen LogP contribution is 2.40. The number of carbonyl (C=O) groups excluding carboxylic acids is 1. The van der Waals surface area contributed by atoms with Gasteiger partial charge in [0.15, 0.2) is 12.6 Å². The molecule has 0 amide bonds. The lowest BCUT2D eigenvalue weighted by molar-refractivity contribution is -0.308. The van der Waals surface area contributed by atoms with Crippen molar-refractivity contribution in [2.75, 3.05) is 40.9 Å². The topological polar surface area (TPSA) is 213 Å². The summed E-state index contributed by atoms with van der Waals surface area (Å²) in [6.07, 6.45) is -1.63. The molecule has 4 N–H and O–H groups in total. The van der Waals surface area contributed by atoms with Crippen LogP contribution in [-0.4, -0.2) is 182 Å². The zero-order valence-electron chi connectivity index (χ0n) is 45.8. The number of aromatic nitrogens is 4. The lowest BCUT2D eigenvalue weighted by Crippen LogP contribution is -2.59. The molecule has 0 saturated carbocycles. The van der Waals surface area contributed by atoms with Crippen molar-refractivity contribution in [2.45, 2.75) is 205 Å². The molecule has 3 aliphatic heterocycles. The molecule has 17 atom stereocenters. The van der Waals surface area contributed by atoms with Crippen molar-refractivity contribution in [3.63, 3.8) is 0 Å². The van der Waals surface area contributed by atoms with Gasteiger partial charge in [0, 0.05) is 94.1 Å². The summed E-state index contributed by atoms with van der Waals surface area (Å²) in [4.78, 5) is 23.0. The largest absolute Gasteiger partial charge is 0.494 e. The van der Waals surface area contributed by atoms with E-state index in [1.54, 1.807) is 34.6 Å². The molecule has 0 radical (unpaired) electrons. The van der Waals surface area contributed by atoms with Crippen molar-refractivity contribution < 1.29 is 58.4 Å². The van der Waals surface area contributed by atoms with Crippen LogP contribution in [0.25, 0.3) is 11.1 Å². The Hall–Kier alpha value is -3.66. The minimum absolute atomic E-state index is 0.0696. The van der Waals surface area contributed by atoms with Crippen LogP contribution < -0.4 is 4.74 Å². The fraction of sp³-hybridized carbons (Fsp3) is 0.745. The fourth-order valence-electron chi connectivity index (χ4n) is 11.1. The molecule has 3 fully saturated rings. The number of benzene rings is 1. The number of aryl methyl sites for hydroxylation is 2. The normalized spacial score (nSPS) is 36.6. The smallest absolute Gasteiger partial charge is 0.311 e. The van der Waals surface area contributed by atoms with E-state index in [9.17, 15) is 25.2 Å². The number of hydrogen-bond acceptors (Lipinski definition) is 17. The first-order valence-corrected chi connectivity index (χ1v) is 26.6. The van der Waals surface area contributed by atoms with Gasteiger partial charge in [-0.3, -0.25) is 14.5 Å². The first-order chi connectivity index (χ1) is 34.5. The number of methoxy groups -OCH3 is 1. The maximum absolute atomic E-state index is 14.4. The van der Waals surface area contributed by atoms with E-state index in [4.69, 9.17) is 33.2 Å². The molecule has 0 unspecified atom stereocenters. The van der Waals surface area contributed by atoms with E-state index in [1.165, 1.54) is 7.11 Å². The highest BCUT2D eigenvalue weighted by Gasteiger charge is 2.51. The number of nitrogens with zero attached hydrogens (tertiary/aromatic N) is 6. The Morgan fingerprint density at radius 2 is 1.63 bits per heavy atom. The van der Waals surface area contributed by atoms with Crippen LogP contribution in [0.3, 0.4) is 0 Å². The number of ether oxygens (including phenoxy) is 7. The zero-order chi connectivity index (χ0) is 53.4. The van der Waals surface area contributed by atoms with Gasteiger partial charge in [-0.2, -0.15) is 0 Å². The Morgan fingerprint density at radius 3 is 2.30 bits per heavy atom. The molecule has 3 saturated heterocycles. The Balaban J connectivity index is 1.14. The Morgan fingerprint density at radius 1 is 0.918 bits per heavy atom. The van der Waals surface area contributed by atoms with Gasteiger partial charge < -0.3 is 63.4 Å². The van der Waals surface area contributed by atoms with Gasteiger partial charge >= 0.3 is 5.97 Å². The molecule has 0 bridgehead atoms. The summed E-state index contributed by atoms with van der Waals surface area (Å²) >= 11 is 0. The average Bonchev–Trinajstić information content (AvgIpc) is 3.82. The maximum atomic E-state index is 14.4. The van der Waals surface area contributed by atoms with Gasteiger partial charge in [-0.25, -0.2) is 0 Å². The second kappa shape index (κ2) is 25.9. The van der Waals surface area contributed by atoms with Gasteiger partial charge in [0.1, 0.15) is 24.1 Å². The van der Waals surface area contributed by atoms with Crippen molar-refractivity contribution in [3.05, 3.63) is 60.2 Å². The standard InChI is InChI=1S/C55H88N6O12/c1-14-45-49(63)48(62)38(7)60(12)31-33(2)28-54(9,66)52(36(5)50(37(6)53(65)71-45)72-47-29-55(10,67-13)51(64)39(8)70-47)73-46-27-43(26-35(4)69-46)59(11)24-22-42-32-61(58-57-42)23-15-25-68-44-20-18-40(19-21-44)41-17-16-34(3)56-30-41/h16-21,30,32-33,35-39,43,45-52,62-64,66H,14-15,22-29,31H2,1-13H3/t33-,35-,36+,37-,38-,39+,43+,45-,46+,47+,48-,49-,50+,51+,52-,54-,55-/m1/s1. The quantitative estimate of drug-likeness (QED) is 0.102. The number of carbonyl (C=O) groups is 1. The van der Waals surface area contributed by atoms with Gasteiger partial charge in [0.2, 0.25) is 0 Å². The fourth-order valence-corrected chi connectivity index (χ4v) is 11.1. The molecule has 73 heavy (non-hydrogen) atoms. The van der Waals surface area contributed by atoms with Gasteiger partial charge in [0.05, 0.1) is 59.9 Å². The van der Waals surface area contributed by atoms with E-state index in [2.05, 4.69) is 33.3 Å². The van der Waals surface area contributed by atoms with E-state index in [1.807, 2.05) is 94.0 Å². The number of esters is 1. The minimum atomic E-state index is -1.49. The van der Waals surface area contributed by atoms with Crippen LogP contribution in [0.1, 0.15) is 112 Å². The molecule has 18 nitrogen and oxygen atoms in total. The molecular weight excluding hydrogens is 937 g/mol. The maximum Gasteiger partial charge on any atom is 0.311 e. The molecule has 6 rings (SSSR count). The molecule has 1 aromatic carbocycles. The lowest BCUT2D eigenvalue weighted by atomic mass is 9.77. The Bertz CT molecular complexity index is 2150. The molecule has 3 aromatic rings. The van der Waals surface area contributed by atoms with Crippen molar-refractivity contribution >= 4 is 5.97 Å². The summed E-state index contributed by atoms with van der Waals surface area (Å²) in [6.45, 7) is 21.0. The third-order valence-corrected chi connectivity index (χ3v) is 15.8. The Labute approximate surface area is 434 Å². The van der Waals surface area contributed by atoms with Crippen LogP contribution in [0.2, 0.25) is 0 Å². The van der Waals surface area contributed by atoms with E-state index in [-0.39, 0.29) is 37.3 Å². The number of hydrogen-bond donors (Lipinski definition) is 4. The summed E-state index contributed by atoms with van der Waals surface area (Å²) in [6, 6.07) is 11.7. The number of aliphatic hydroxyl groups is 4. The number of rotatable bonds is 16. The zero-order valence-corrected chi connectivity index (χ0v) is 45.8. The van der Waals surface area contributed by atoms with Crippen molar-refractivity contribution in [1.82, 2.24) is 29.8 Å². The molecule has 18 heteroatoms. The molecule has 0 aliphatic carbocycles. The summed E-state index contributed by atoms with van der Waals surface area (Å²) in [7, 11) is 5.50. The summed E-state index contributed by atoms with van der Waals surface area (Å²) in [5.74, 6) is -1.60. The highest BCUT2D eigenvalue weighted by atomic mass is 16.7. The molecule has 5 heterocycles. The second-order valence-electron chi connectivity index (χ2n) is 22.1. The third-order valence-electron chi connectivity index (χ3n) is 15.8. The predicted molar refractivity (Wildman–Crippen MR) is 275 cm³/mol. The van der Waals surface area contributed by atoms with Crippen LogP contribution in [0.15, 0.2) is 48.8 Å². The van der Waals surface area contributed by atoms with Gasteiger partial charge in [-0.05, 0) is 112 Å².